The van der Waals surface area contributed by atoms with Crippen LogP contribution in [0.4, 0.5) is 5.82 Å². The van der Waals surface area contributed by atoms with Gasteiger partial charge < -0.3 is 24.6 Å². The Morgan fingerprint density at radius 3 is 2.26 bits per heavy atom. The fourth-order valence-corrected chi connectivity index (χ4v) is 3.61. The number of carbonyl (C=O) groups excluding carboxylic acids is 2. The van der Waals surface area contributed by atoms with E-state index in [1.165, 1.54) is 6.07 Å². The Morgan fingerprint density at radius 2 is 1.63 bits per heavy atom. The Hall–Kier alpha value is -3.92. The van der Waals surface area contributed by atoms with Crippen LogP contribution in [0.25, 0.3) is 0 Å². The van der Waals surface area contributed by atoms with Gasteiger partial charge in [-0.3, -0.25) is 14.3 Å². The quantitative estimate of drug-likeness (QED) is 0.557. The average molecular weight is 479 g/mol. The van der Waals surface area contributed by atoms with Crippen LogP contribution in [-0.4, -0.2) is 75.7 Å². The molecule has 2 aromatic heterocycles. The van der Waals surface area contributed by atoms with Crippen molar-refractivity contribution in [2.24, 2.45) is 7.05 Å². The lowest BCUT2D eigenvalue weighted by molar-refractivity contribution is 0.0664. The van der Waals surface area contributed by atoms with Gasteiger partial charge in [0.05, 0.1) is 11.7 Å². The fourth-order valence-electron chi connectivity index (χ4n) is 3.61. The number of nitrogens with one attached hydrogen (secondary N) is 1. The Labute approximate surface area is 204 Å². The number of nitrogens with zero attached hydrogens (tertiary/aromatic N) is 5. The molecule has 0 atom stereocenters. The monoisotopic (exact) mass is 478 g/mol. The van der Waals surface area contributed by atoms with Crippen molar-refractivity contribution < 1.29 is 19.1 Å². The van der Waals surface area contributed by atoms with Crippen molar-refractivity contribution in [3.05, 3.63) is 59.8 Å². The van der Waals surface area contributed by atoms with E-state index < -0.39 is 0 Å². The maximum Gasteiger partial charge on any atom is 0.257 e. The Bertz CT molecular complexity index is 1180. The van der Waals surface area contributed by atoms with Crippen LogP contribution in [0.3, 0.4) is 0 Å². The predicted molar refractivity (Wildman–Crippen MR) is 131 cm³/mol. The topological polar surface area (TPSA) is 102 Å². The second-order valence-electron chi connectivity index (χ2n) is 8.75. The number of amides is 2. The molecule has 3 heterocycles. The number of pyridine rings is 1. The highest BCUT2D eigenvalue weighted by Crippen LogP contribution is 2.25. The molecule has 4 rings (SSSR count). The molecule has 0 radical (unpaired) electrons. The van der Waals surface area contributed by atoms with Crippen molar-refractivity contribution in [2.45, 2.75) is 20.0 Å². The van der Waals surface area contributed by atoms with E-state index in [0.29, 0.717) is 35.8 Å². The van der Waals surface area contributed by atoms with Gasteiger partial charge >= 0.3 is 0 Å². The molecule has 35 heavy (non-hydrogen) atoms. The number of hydrogen-bond donors (Lipinski definition) is 1. The molecule has 1 N–H and O–H groups in total. The van der Waals surface area contributed by atoms with Crippen LogP contribution in [0.5, 0.6) is 17.5 Å². The molecule has 1 fully saturated rings. The molecule has 2 amide bonds. The number of rotatable bonds is 7. The summed E-state index contributed by atoms with van der Waals surface area (Å²) in [6.45, 7) is 6.90. The first kappa shape index (κ1) is 24.2. The average Bonchev–Trinajstić information content (AvgIpc) is 3.23. The van der Waals surface area contributed by atoms with Crippen molar-refractivity contribution >= 4 is 17.6 Å². The highest BCUT2D eigenvalue weighted by atomic mass is 16.5. The van der Waals surface area contributed by atoms with E-state index in [1.807, 2.05) is 18.7 Å². The molecule has 1 aromatic carbocycles. The highest BCUT2D eigenvalue weighted by molar-refractivity contribution is 6.04. The van der Waals surface area contributed by atoms with Gasteiger partial charge in [-0.25, -0.2) is 0 Å². The van der Waals surface area contributed by atoms with Gasteiger partial charge in [0.1, 0.15) is 5.75 Å². The molecule has 0 bridgehead atoms. The number of aromatic nitrogens is 3. The summed E-state index contributed by atoms with van der Waals surface area (Å²) in [6, 6.07) is 11.7. The fraction of sp³-hybridized carbons (Fsp3) is 0.360. The summed E-state index contributed by atoms with van der Waals surface area (Å²) in [5, 5.41) is 6.92. The van der Waals surface area contributed by atoms with Crippen molar-refractivity contribution in [1.29, 1.82) is 0 Å². The molecule has 0 unspecified atom stereocenters. The lowest BCUT2D eigenvalue weighted by atomic mass is 10.1. The number of carbonyl (C=O) groups is 2. The van der Waals surface area contributed by atoms with Gasteiger partial charge in [0, 0.05) is 63.2 Å². The normalized spacial score (nSPS) is 14.1. The third-order valence-electron chi connectivity index (χ3n) is 5.47. The Morgan fingerprint density at radius 1 is 0.943 bits per heavy atom. The van der Waals surface area contributed by atoms with E-state index in [4.69, 9.17) is 9.47 Å². The number of likely N-dealkylation sites (N-methyl/N-ethyl adjacent to an activating group) is 1. The van der Waals surface area contributed by atoms with Crippen LogP contribution in [0, 0.1) is 0 Å². The smallest absolute Gasteiger partial charge is 0.257 e. The molecule has 10 nitrogen and oxygen atoms in total. The standard InChI is InChI=1S/C25H30N6O4/c1-17(2)34-22-15-19(24(32)26-21-9-10-30(4)28-21)16-23(27-22)35-20-7-5-18(6-8-20)25(33)31-13-11-29(3)12-14-31/h5-10,15-17H,11-14H2,1-4H3,(H,26,28,32). The summed E-state index contributed by atoms with van der Waals surface area (Å²) in [4.78, 5) is 34.0. The first-order chi connectivity index (χ1) is 16.8. The molecule has 0 saturated carbocycles. The molecular weight excluding hydrogens is 448 g/mol. The lowest BCUT2D eigenvalue weighted by Gasteiger charge is -2.32. The minimum atomic E-state index is -0.363. The summed E-state index contributed by atoms with van der Waals surface area (Å²) in [5.74, 6) is 1.04. The maximum atomic E-state index is 12.8. The third-order valence-corrected chi connectivity index (χ3v) is 5.47. The summed E-state index contributed by atoms with van der Waals surface area (Å²) >= 11 is 0. The molecule has 1 aliphatic rings. The number of hydrogen-bond acceptors (Lipinski definition) is 7. The second kappa shape index (κ2) is 10.6. The number of anilines is 1. The van der Waals surface area contributed by atoms with Crippen LogP contribution in [0.2, 0.25) is 0 Å². The van der Waals surface area contributed by atoms with Crippen molar-refractivity contribution in [2.75, 3.05) is 38.5 Å². The SMILES string of the molecule is CC(C)Oc1cc(C(=O)Nc2ccn(C)n2)cc(Oc2ccc(C(=O)N3CCN(C)CC3)cc2)n1. The number of benzene rings is 1. The van der Waals surface area contributed by atoms with Crippen LogP contribution >= 0.6 is 0 Å². The minimum absolute atomic E-state index is 0.00332. The van der Waals surface area contributed by atoms with E-state index in [-0.39, 0.29) is 29.7 Å². The molecule has 0 spiro atoms. The maximum absolute atomic E-state index is 12.8. The number of ether oxygens (including phenoxy) is 2. The van der Waals surface area contributed by atoms with Crippen LogP contribution in [-0.2, 0) is 7.05 Å². The van der Waals surface area contributed by atoms with Gasteiger partial charge in [-0.2, -0.15) is 10.1 Å². The molecule has 10 heteroatoms. The van der Waals surface area contributed by atoms with Gasteiger partial charge in [0.25, 0.3) is 11.8 Å². The van der Waals surface area contributed by atoms with E-state index in [1.54, 1.807) is 54.3 Å². The van der Waals surface area contributed by atoms with E-state index >= 15 is 0 Å². The van der Waals surface area contributed by atoms with Crippen LogP contribution in [0.15, 0.2) is 48.7 Å². The summed E-state index contributed by atoms with van der Waals surface area (Å²) < 4.78 is 13.2. The highest BCUT2D eigenvalue weighted by Gasteiger charge is 2.20. The molecule has 3 aromatic rings. The Balaban J connectivity index is 1.49. The number of aryl methyl sites for hydroxylation is 1. The molecule has 184 valence electrons. The number of piperazine rings is 1. The van der Waals surface area contributed by atoms with E-state index in [0.717, 1.165) is 13.1 Å². The molecule has 0 aliphatic carbocycles. The molecular formula is C25H30N6O4. The third kappa shape index (κ3) is 6.36. The first-order valence-corrected chi connectivity index (χ1v) is 11.5. The zero-order valence-corrected chi connectivity index (χ0v) is 20.4. The van der Waals surface area contributed by atoms with E-state index in [2.05, 4.69) is 27.3 Å². The van der Waals surface area contributed by atoms with Gasteiger partial charge in [-0.1, -0.05) is 0 Å². The van der Waals surface area contributed by atoms with Gasteiger partial charge in [0.2, 0.25) is 11.8 Å². The van der Waals surface area contributed by atoms with Crippen LogP contribution < -0.4 is 14.8 Å². The summed E-state index contributed by atoms with van der Waals surface area (Å²) in [5.41, 5.74) is 0.917. The molecule has 1 saturated heterocycles. The largest absolute Gasteiger partial charge is 0.475 e. The predicted octanol–water partition coefficient (Wildman–Crippen LogP) is 3.03. The van der Waals surface area contributed by atoms with E-state index in [9.17, 15) is 9.59 Å². The van der Waals surface area contributed by atoms with Gasteiger partial charge in [0.15, 0.2) is 5.82 Å². The van der Waals surface area contributed by atoms with Crippen molar-refractivity contribution in [1.82, 2.24) is 24.6 Å². The lowest BCUT2D eigenvalue weighted by Crippen LogP contribution is -2.47. The van der Waals surface area contributed by atoms with Crippen molar-refractivity contribution in [3.63, 3.8) is 0 Å². The summed E-state index contributed by atoms with van der Waals surface area (Å²) in [6.07, 6.45) is 1.60. The van der Waals surface area contributed by atoms with Gasteiger partial charge in [-0.05, 0) is 45.2 Å². The molecule has 1 aliphatic heterocycles. The Kier molecular flexibility index (Phi) is 7.31. The zero-order valence-electron chi connectivity index (χ0n) is 20.4. The first-order valence-electron chi connectivity index (χ1n) is 11.5. The summed E-state index contributed by atoms with van der Waals surface area (Å²) in [7, 11) is 3.82. The second-order valence-corrected chi connectivity index (χ2v) is 8.75. The van der Waals surface area contributed by atoms with Crippen LogP contribution in [0.1, 0.15) is 34.6 Å². The zero-order chi connectivity index (χ0) is 24.9. The minimum Gasteiger partial charge on any atom is -0.475 e. The van der Waals surface area contributed by atoms with Crippen molar-refractivity contribution in [3.8, 4) is 17.5 Å². The van der Waals surface area contributed by atoms with Gasteiger partial charge in [-0.15, -0.1) is 0 Å².